The number of ether oxygens (including phenoxy) is 1. The van der Waals surface area contributed by atoms with Crippen LogP contribution < -0.4 is 0 Å². The van der Waals surface area contributed by atoms with Gasteiger partial charge in [-0.15, -0.1) is 0 Å². The molecule has 0 aromatic carbocycles. The van der Waals surface area contributed by atoms with Gasteiger partial charge in [0.25, 0.3) is 0 Å². The maximum absolute atomic E-state index is 8.22. The Balaban J connectivity index is 3.91. The quantitative estimate of drug-likeness (QED) is 0.510. The van der Waals surface area contributed by atoms with Gasteiger partial charge in [-0.1, -0.05) is 0 Å². The van der Waals surface area contributed by atoms with Crippen molar-refractivity contribution in [2.45, 2.75) is 45.8 Å². The van der Waals surface area contributed by atoms with Gasteiger partial charge in [0.1, 0.15) is 6.61 Å². The molecule has 0 saturated carbocycles. The van der Waals surface area contributed by atoms with Crippen molar-refractivity contribution in [3.63, 3.8) is 0 Å². The lowest BCUT2D eigenvalue weighted by atomic mass is 10.1. The zero-order valence-corrected chi connectivity index (χ0v) is 7.97. The molecule has 3 heteroatoms. The summed E-state index contributed by atoms with van der Waals surface area (Å²) in [6.45, 7) is 9.82. The van der Waals surface area contributed by atoms with E-state index in [-0.39, 0.29) is 12.2 Å². The molecule has 0 aromatic heterocycles. The monoisotopic (exact) mass is 162 g/mol. The van der Waals surface area contributed by atoms with Crippen molar-refractivity contribution in [2.24, 2.45) is 0 Å². The van der Waals surface area contributed by atoms with Gasteiger partial charge in [0.05, 0.1) is 11.2 Å². The van der Waals surface area contributed by atoms with E-state index in [0.29, 0.717) is 0 Å². The lowest BCUT2D eigenvalue weighted by Gasteiger charge is -2.32. The Morgan fingerprint density at radius 3 is 1.82 bits per heavy atom. The molecule has 0 aliphatic heterocycles. The van der Waals surface area contributed by atoms with Crippen LogP contribution in [-0.2, 0) is 9.62 Å². The van der Waals surface area contributed by atoms with E-state index >= 15 is 0 Å². The molecule has 11 heavy (non-hydrogen) atoms. The van der Waals surface area contributed by atoms with E-state index in [1.807, 2.05) is 34.6 Å². The summed E-state index contributed by atoms with van der Waals surface area (Å²) in [6, 6.07) is 0. The van der Waals surface area contributed by atoms with Crippen LogP contribution in [0, 0.1) is 0 Å². The molecule has 0 heterocycles. The molecular weight excluding hydrogens is 144 g/mol. The van der Waals surface area contributed by atoms with Crippen molar-refractivity contribution in [1.82, 2.24) is 0 Å². The Morgan fingerprint density at radius 1 is 1.09 bits per heavy atom. The number of hydrogen-bond acceptors (Lipinski definition) is 3. The third kappa shape index (κ3) is 6.28. The average Bonchev–Trinajstić information content (AvgIpc) is 1.55. The van der Waals surface area contributed by atoms with E-state index in [4.69, 9.17) is 9.99 Å². The summed E-state index contributed by atoms with van der Waals surface area (Å²) < 4.78 is 5.58. The molecule has 0 aromatic rings. The summed E-state index contributed by atoms with van der Waals surface area (Å²) in [6.07, 6.45) is 0. The average molecular weight is 162 g/mol. The molecule has 0 fully saturated rings. The SMILES string of the molecule is CC(C)(C)OC(C)(C)COO. The molecule has 0 bridgehead atoms. The van der Waals surface area contributed by atoms with E-state index in [1.54, 1.807) is 0 Å². The molecule has 1 N–H and O–H groups in total. The largest absolute Gasteiger partial charge is 0.367 e. The van der Waals surface area contributed by atoms with Crippen molar-refractivity contribution in [1.29, 1.82) is 0 Å². The van der Waals surface area contributed by atoms with Crippen molar-refractivity contribution in [3.8, 4) is 0 Å². The molecule has 0 saturated heterocycles. The molecule has 0 amide bonds. The fraction of sp³-hybridized carbons (Fsp3) is 1.00. The minimum atomic E-state index is -0.438. The smallest absolute Gasteiger partial charge is 0.110 e. The minimum Gasteiger partial charge on any atom is -0.367 e. The van der Waals surface area contributed by atoms with Gasteiger partial charge >= 0.3 is 0 Å². The second-order valence-corrected chi connectivity index (χ2v) is 4.25. The first-order chi connectivity index (χ1) is 4.77. The van der Waals surface area contributed by atoms with Crippen LogP contribution in [0.1, 0.15) is 34.6 Å². The van der Waals surface area contributed by atoms with Crippen LogP contribution in [0.5, 0.6) is 0 Å². The van der Waals surface area contributed by atoms with E-state index in [0.717, 1.165) is 0 Å². The fourth-order valence-electron chi connectivity index (χ4n) is 1.01. The maximum Gasteiger partial charge on any atom is 0.110 e. The Bertz CT molecular complexity index is 113. The van der Waals surface area contributed by atoms with Crippen molar-refractivity contribution < 1.29 is 14.9 Å². The Morgan fingerprint density at radius 2 is 1.55 bits per heavy atom. The highest BCUT2D eigenvalue weighted by Crippen LogP contribution is 2.19. The van der Waals surface area contributed by atoms with E-state index < -0.39 is 5.60 Å². The van der Waals surface area contributed by atoms with Gasteiger partial charge in [-0.25, -0.2) is 4.89 Å². The minimum absolute atomic E-state index is 0.185. The Labute approximate surface area is 68.2 Å². The predicted molar refractivity (Wildman–Crippen MR) is 43.5 cm³/mol. The number of hydrogen-bond donors (Lipinski definition) is 1. The van der Waals surface area contributed by atoms with Gasteiger partial charge in [-0.05, 0) is 34.6 Å². The first kappa shape index (κ1) is 10.9. The molecule has 0 radical (unpaired) electrons. The molecule has 0 aliphatic carbocycles. The first-order valence-corrected chi connectivity index (χ1v) is 3.73. The highest BCUT2D eigenvalue weighted by atomic mass is 17.1. The van der Waals surface area contributed by atoms with Crippen LogP contribution in [0.15, 0.2) is 0 Å². The summed E-state index contributed by atoms with van der Waals surface area (Å²) >= 11 is 0. The molecule has 0 aliphatic rings. The van der Waals surface area contributed by atoms with Gasteiger partial charge in [-0.2, -0.15) is 0 Å². The summed E-state index contributed by atoms with van der Waals surface area (Å²) in [5.41, 5.74) is -0.644. The molecular formula is C8H18O3. The second kappa shape index (κ2) is 3.52. The predicted octanol–water partition coefficient (Wildman–Crippen LogP) is 2.07. The van der Waals surface area contributed by atoms with Gasteiger partial charge in [-0.3, -0.25) is 5.26 Å². The molecule has 0 unspecified atom stereocenters. The van der Waals surface area contributed by atoms with Crippen LogP contribution in [0.2, 0.25) is 0 Å². The summed E-state index contributed by atoms with van der Waals surface area (Å²) in [5, 5.41) is 8.22. The molecule has 3 nitrogen and oxygen atoms in total. The van der Waals surface area contributed by atoms with Crippen LogP contribution in [0.3, 0.4) is 0 Å². The van der Waals surface area contributed by atoms with E-state index in [2.05, 4.69) is 4.89 Å². The zero-order chi connectivity index (χ0) is 9.12. The van der Waals surface area contributed by atoms with Crippen molar-refractivity contribution >= 4 is 0 Å². The molecule has 0 spiro atoms. The summed E-state index contributed by atoms with van der Waals surface area (Å²) in [5.74, 6) is 0. The summed E-state index contributed by atoms with van der Waals surface area (Å²) in [4.78, 5) is 4.03. The lowest BCUT2D eigenvalue weighted by Crippen LogP contribution is -2.38. The molecule has 0 atom stereocenters. The highest BCUT2D eigenvalue weighted by molar-refractivity contribution is 4.72. The number of rotatable bonds is 3. The summed E-state index contributed by atoms with van der Waals surface area (Å²) in [7, 11) is 0. The molecule has 0 rings (SSSR count). The maximum atomic E-state index is 8.22. The first-order valence-electron chi connectivity index (χ1n) is 3.73. The second-order valence-electron chi connectivity index (χ2n) is 4.25. The molecule has 68 valence electrons. The van der Waals surface area contributed by atoms with Gasteiger partial charge < -0.3 is 4.74 Å². The normalized spacial score (nSPS) is 13.6. The van der Waals surface area contributed by atoms with Gasteiger partial charge in [0.15, 0.2) is 0 Å². The highest BCUT2D eigenvalue weighted by Gasteiger charge is 2.25. The van der Waals surface area contributed by atoms with E-state index in [9.17, 15) is 0 Å². The van der Waals surface area contributed by atoms with Gasteiger partial charge in [0.2, 0.25) is 0 Å². The van der Waals surface area contributed by atoms with Crippen molar-refractivity contribution in [3.05, 3.63) is 0 Å². The van der Waals surface area contributed by atoms with Crippen LogP contribution in [0.4, 0.5) is 0 Å². The van der Waals surface area contributed by atoms with Crippen LogP contribution >= 0.6 is 0 Å². The van der Waals surface area contributed by atoms with Crippen LogP contribution in [0.25, 0.3) is 0 Å². The topological polar surface area (TPSA) is 38.7 Å². The standard InChI is InChI=1S/C8H18O3/c1-7(2,3)11-8(4,5)6-10-9/h9H,6H2,1-5H3. The van der Waals surface area contributed by atoms with Crippen molar-refractivity contribution in [2.75, 3.05) is 6.61 Å². The third-order valence-corrected chi connectivity index (χ3v) is 0.995. The Kier molecular flexibility index (Phi) is 3.48. The third-order valence-electron chi connectivity index (χ3n) is 0.995. The van der Waals surface area contributed by atoms with E-state index in [1.165, 1.54) is 0 Å². The zero-order valence-electron chi connectivity index (χ0n) is 7.97. The Hall–Kier alpha value is -0.120. The lowest BCUT2D eigenvalue weighted by molar-refractivity contribution is -0.283. The van der Waals surface area contributed by atoms with Crippen LogP contribution in [-0.4, -0.2) is 23.1 Å². The fourth-order valence-corrected chi connectivity index (χ4v) is 1.01. The van der Waals surface area contributed by atoms with Gasteiger partial charge in [0, 0.05) is 0 Å².